The lowest BCUT2D eigenvalue weighted by molar-refractivity contribution is 0.102. The van der Waals surface area contributed by atoms with Gasteiger partial charge in [0.2, 0.25) is 0 Å². The minimum Gasteiger partial charge on any atom is -0.356 e. The van der Waals surface area contributed by atoms with Gasteiger partial charge in [-0.15, -0.1) is 0 Å². The molecule has 3 fully saturated rings. The van der Waals surface area contributed by atoms with Gasteiger partial charge in [0.15, 0.2) is 9.84 Å². The average molecular weight is 454 g/mol. The van der Waals surface area contributed by atoms with Gasteiger partial charge in [-0.2, -0.15) is 0 Å². The molecule has 32 heavy (non-hydrogen) atoms. The molecule has 2 heterocycles. The second-order valence-corrected chi connectivity index (χ2v) is 12.3. The molecule has 0 bridgehead atoms. The molecular weight excluding hydrogens is 422 g/mol. The van der Waals surface area contributed by atoms with Crippen LogP contribution in [0.4, 0.5) is 11.5 Å². The molecule has 1 aromatic heterocycles. The largest absolute Gasteiger partial charge is 0.356 e. The van der Waals surface area contributed by atoms with E-state index in [4.69, 9.17) is 0 Å². The predicted molar refractivity (Wildman–Crippen MR) is 126 cm³/mol. The lowest BCUT2D eigenvalue weighted by Crippen LogP contribution is -2.36. The first-order chi connectivity index (χ1) is 15.3. The first-order valence-electron chi connectivity index (χ1n) is 11.6. The molecule has 5 rings (SSSR count). The van der Waals surface area contributed by atoms with Gasteiger partial charge in [0, 0.05) is 25.0 Å². The number of sulfone groups is 1. The molecule has 1 spiro atoms. The molecule has 1 amide bonds. The Hall–Kier alpha value is -2.41. The van der Waals surface area contributed by atoms with Gasteiger partial charge in [0.25, 0.3) is 5.91 Å². The molecule has 1 N–H and O–H groups in total. The first-order valence-corrected chi connectivity index (χ1v) is 13.3. The second-order valence-electron chi connectivity index (χ2n) is 10.3. The van der Waals surface area contributed by atoms with Crippen molar-refractivity contribution in [3.63, 3.8) is 0 Å². The minimum absolute atomic E-state index is 0.129. The van der Waals surface area contributed by atoms with E-state index in [1.165, 1.54) is 12.8 Å². The van der Waals surface area contributed by atoms with E-state index in [9.17, 15) is 13.2 Å². The number of benzene rings is 1. The molecule has 170 valence electrons. The Morgan fingerprint density at radius 2 is 1.81 bits per heavy atom. The Morgan fingerprint density at radius 1 is 1.06 bits per heavy atom. The Kier molecular flexibility index (Phi) is 5.27. The molecule has 2 saturated carbocycles. The molecule has 1 saturated heterocycles. The summed E-state index contributed by atoms with van der Waals surface area (Å²) in [6.45, 7) is 3.88. The van der Waals surface area contributed by atoms with Crippen LogP contribution in [-0.2, 0) is 9.84 Å². The maximum atomic E-state index is 13.1. The van der Waals surface area contributed by atoms with Gasteiger partial charge in [0.1, 0.15) is 5.82 Å². The number of nitrogens with one attached hydrogen (secondary N) is 1. The van der Waals surface area contributed by atoms with Crippen LogP contribution in [0.2, 0.25) is 0 Å². The third-order valence-corrected chi connectivity index (χ3v) is 9.71. The number of carbonyl (C=O) groups excluding carboxylic acids is 1. The van der Waals surface area contributed by atoms with Crippen molar-refractivity contribution in [3.05, 3.63) is 48.2 Å². The smallest absolute Gasteiger partial charge is 0.259 e. The highest BCUT2D eigenvalue weighted by Crippen LogP contribution is 2.54. The molecule has 7 heteroatoms. The summed E-state index contributed by atoms with van der Waals surface area (Å²) in [5.41, 5.74) is 1.43. The van der Waals surface area contributed by atoms with Crippen molar-refractivity contribution in [2.75, 3.05) is 29.1 Å². The van der Waals surface area contributed by atoms with E-state index in [2.05, 4.69) is 15.2 Å². The van der Waals surface area contributed by atoms with Gasteiger partial charge in [-0.3, -0.25) is 4.79 Å². The molecule has 0 radical (unpaired) electrons. The molecule has 0 atom stereocenters. The summed E-state index contributed by atoms with van der Waals surface area (Å²) in [5, 5.41) is 2.90. The fourth-order valence-electron chi connectivity index (χ4n) is 5.13. The van der Waals surface area contributed by atoms with Crippen LogP contribution in [-0.4, -0.2) is 38.2 Å². The third-order valence-electron chi connectivity index (χ3n) is 7.66. The number of hydrogen-bond acceptors (Lipinski definition) is 5. The summed E-state index contributed by atoms with van der Waals surface area (Å²) in [5.74, 6) is 0.600. The summed E-state index contributed by atoms with van der Waals surface area (Å²) in [6.07, 6.45) is 9.68. The lowest BCUT2D eigenvalue weighted by Gasteiger charge is -2.37. The second kappa shape index (κ2) is 7.87. The van der Waals surface area contributed by atoms with Crippen molar-refractivity contribution < 1.29 is 13.2 Å². The van der Waals surface area contributed by atoms with E-state index in [1.807, 2.05) is 6.92 Å². The summed E-state index contributed by atoms with van der Waals surface area (Å²) in [6, 6.07) is 10.2. The highest BCUT2D eigenvalue weighted by atomic mass is 32.2. The van der Waals surface area contributed by atoms with E-state index < -0.39 is 9.84 Å². The molecule has 2 aromatic rings. The van der Waals surface area contributed by atoms with Crippen LogP contribution in [0.1, 0.15) is 62.2 Å². The van der Waals surface area contributed by atoms with Crippen molar-refractivity contribution in [2.24, 2.45) is 10.8 Å². The fourth-order valence-corrected chi connectivity index (χ4v) is 7.09. The number of hydrogen-bond donors (Lipinski definition) is 1. The van der Waals surface area contributed by atoms with Gasteiger partial charge in [-0.05, 0) is 79.7 Å². The van der Waals surface area contributed by atoms with Crippen molar-refractivity contribution in [1.29, 1.82) is 0 Å². The van der Waals surface area contributed by atoms with Crippen LogP contribution in [0, 0.1) is 10.8 Å². The summed E-state index contributed by atoms with van der Waals surface area (Å²) in [4.78, 5) is 20.1. The molecule has 0 unspecified atom stereocenters. The molecule has 1 aliphatic heterocycles. The van der Waals surface area contributed by atoms with Crippen LogP contribution in [0.5, 0.6) is 0 Å². The predicted octanol–water partition coefficient (Wildman–Crippen LogP) is 4.68. The van der Waals surface area contributed by atoms with Crippen LogP contribution in [0.3, 0.4) is 0 Å². The SMILES string of the molecule is CC1(CS(=O)(=O)c2cccc(NC(=O)c3cccnc3N3CCC4(CC3)CC4)c2)CCC1. The van der Waals surface area contributed by atoms with Gasteiger partial charge in [-0.1, -0.05) is 19.4 Å². The van der Waals surface area contributed by atoms with Crippen LogP contribution in [0.15, 0.2) is 47.5 Å². The first kappa shape index (κ1) is 21.4. The quantitative estimate of drug-likeness (QED) is 0.687. The molecule has 2 aliphatic carbocycles. The topological polar surface area (TPSA) is 79.4 Å². The number of pyridine rings is 1. The van der Waals surface area contributed by atoms with Crippen molar-refractivity contribution in [1.82, 2.24) is 4.98 Å². The molecule has 1 aromatic carbocycles. The zero-order valence-corrected chi connectivity index (χ0v) is 19.5. The van der Waals surface area contributed by atoms with Crippen LogP contribution in [0.25, 0.3) is 0 Å². The van der Waals surface area contributed by atoms with Crippen molar-refractivity contribution >= 4 is 27.2 Å². The number of aromatic nitrogens is 1. The lowest BCUT2D eigenvalue weighted by atomic mass is 9.72. The molecular formula is C25H31N3O3S. The Balaban J connectivity index is 1.32. The standard InChI is InChI=1S/C25H31N3O3S/c1-24(8-4-9-24)18-32(30,31)20-6-2-5-19(17-20)27-23(29)21-7-3-14-26-22(21)28-15-12-25(10-11-25)13-16-28/h2-3,5-7,14,17H,4,8-13,15-16,18H2,1H3,(H,27,29). The van der Waals surface area contributed by atoms with Crippen LogP contribution >= 0.6 is 0 Å². The maximum Gasteiger partial charge on any atom is 0.259 e. The number of anilines is 2. The number of nitrogens with zero attached hydrogens (tertiary/aromatic N) is 2. The number of carbonyl (C=O) groups is 1. The normalized spacial score (nSPS) is 21.1. The number of amides is 1. The van der Waals surface area contributed by atoms with E-state index in [1.54, 1.807) is 42.6 Å². The van der Waals surface area contributed by atoms with Gasteiger partial charge in [-0.25, -0.2) is 13.4 Å². The molecule has 3 aliphatic rings. The van der Waals surface area contributed by atoms with E-state index in [0.29, 0.717) is 22.5 Å². The zero-order chi connectivity index (χ0) is 22.4. The average Bonchev–Trinajstić information content (AvgIpc) is 3.52. The Labute approximate surface area is 190 Å². The maximum absolute atomic E-state index is 13.1. The highest BCUT2D eigenvalue weighted by Gasteiger charge is 2.44. The number of rotatable bonds is 6. The van der Waals surface area contributed by atoms with E-state index in [-0.39, 0.29) is 22.0 Å². The fraction of sp³-hybridized carbons (Fsp3) is 0.520. The Bertz CT molecular complexity index is 1130. The minimum atomic E-state index is -3.40. The summed E-state index contributed by atoms with van der Waals surface area (Å²) >= 11 is 0. The van der Waals surface area contributed by atoms with Gasteiger partial charge < -0.3 is 10.2 Å². The third kappa shape index (κ3) is 4.27. The van der Waals surface area contributed by atoms with Crippen molar-refractivity contribution in [2.45, 2.75) is 56.8 Å². The van der Waals surface area contributed by atoms with Crippen molar-refractivity contribution in [3.8, 4) is 0 Å². The zero-order valence-electron chi connectivity index (χ0n) is 18.6. The highest BCUT2D eigenvalue weighted by molar-refractivity contribution is 7.91. The monoisotopic (exact) mass is 453 g/mol. The van der Waals surface area contributed by atoms with Gasteiger partial charge in [0.05, 0.1) is 16.2 Å². The molecule has 6 nitrogen and oxygen atoms in total. The van der Waals surface area contributed by atoms with Gasteiger partial charge >= 0.3 is 0 Å². The summed E-state index contributed by atoms with van der Waals surface area (Å²) < 4.78 is 25.9. The summed E-state index contributed by atoms with van der Waals surface area (Å²) in [7, 11) is -3.40. The number of piperidine rings is 1. The Morgan fingerprint density at radius 3 is 2.47 bits per heavy atom. The van der Waals surface area contributed by atoms with Crippen LogP contribution < -0.4 is 10.2 Å². The van der Waals surface area contributed by atoms with E-state index >= 15 is 0 Å². The van der Waals surface area contributed by atoms with E-state index in [0.717, 1.165) is 45.2 Å².